The number of hydrogen-bond donors (Lipinski definition) is 17. The summed E-state index contributed by atoms with van der Waals surface area (Å²) in [7, 11) is 0. The second kappa shape index (κ2) is 44.9. The first-order valence-electron chi connectivity index (χ1n) is 26.9. The lowest BCUT2D eigenvalue weighted by Crippen LogP contribution is -2.42. The van der Waals surface area contributed by atoms with Gasteiger partial charge in [0.1, 0.15) is 54.1 Å². The molecule has 1 heterocycles. The van der Waals surface area contributed by atoms with Crippen molar-refractivity contribution >= 4 is 76.4 Å². The van der Waals surface area contributed by atoms with Crippen molar-refractivity contribution in [3.05, 3.63) is 102 Å². The van der Waals surface area contributed by atoms with Crippen molar-refractivity contribution in [1.82, 2.24) is 4.98 Å². The Morgan fingerprint density at radius 1 is 0.529 bits per heavy atom. The van der Waals surface area contributed by atoms with E-state index in [-0.39, 0.29) is 24.2 Å². The number of thioether (sulfide) groups is 1. The highest BCUT2D eigenvalue weighted by Gasteiger charge is 2.25. The summed E-state index contributed by atoms with van der Waals surface area (Å²) in [5.74, 6) is -5.82. The zero-order valence-electron chi connectivity index (χ0n) is 48.9. The normalized spacial score (nSPS) is 13.3. The molecule has 0 aliphatic heterocycles. The molecule has 0 spiro atoms. The van der Waals surface area contributed by atoms with Crippen molar-refractivity contribution in [2.75, 3.05) is 25.1 Å². The van der Waals surface area contributed by atoms with Gasteiger partial charge < -0.3 is 103 Å². The van der Waals surface area contributed by atoms with Gasteiger partial charge in [-0.1, -0.05) is 94.8 Å². The summed E-state index contributed by atoms with van der Waals surface area (Å²) in [5.41, 5.74) is 62.6. The Balaban J connectivity index is 0. The van der Waals surface area contributed by atoms with Gasteiger partial charge in [0.25, 0.3) is 0 Å². The van der Waals surface area contributed by atoms with Crippen molar-refractivity contribution in [3.8, 4) is 5.75 Å². The molecule has 28 nitrogen and oxygen atoms in total. The number of para-hydroxylation sites is 1. The van der Waals surface area contributed by atoms with Crippen LogP contribution in [0.25, 0.3) is 10.9 Å². The Morgan fingerprint density at radius 3 is 1.45 bits per heavy atom. The second-order valence-corrected chi connectivity index (χ2v) is 20.6. The maximum Gasteiger partial charge on any atom is 0.330 e. The Morgan fingerprint density at radius 2 is 0.976 bits per heavy atom. The Bertz CT molecular complexity index is 2630. The van der Waals surface area contributed by atoms with Gasteiger partial charge in [-0.15, -0.1) is 0 Å². The molecular weight excluding hydrogens is 1130 g/mol. The minimum atomic E-state index is -1.05. The SMILES string of the molecule is CC(C)[C@H](N)C(=O)OC(=O)[C@@H](N)CCCN=C(N)N.CC(C)[C@H](N)C(=O)Oc1ccc(C[C@H](N)C(=O)O)cc1.CSCC[C@H](N)C(=O)O.NCCCC[C@H](N)C(=O)O.N[C@@H](Cc1c[nH]c2ccccc12)C(=O)O.N[C@@H](Cc1ccccc1)C(=O)O. The number of aromatic amines is 1. The van der Waals surface area contributed by atoms with E-state index in [1.165, 1.54) is 0 Å². The molecule has 0 unspecified atom stereocenters. The van der Waals surface area contributed by atoms with Crippen LogP contribution in [0.5, 0.6) is 5.75 Å². The molecule has 0 aliphatic carbocycles. The van der Waals surface area contributed by atoms with Crippen LogP contribution in [-0.2, 0) is 62.4 Å². The van der Waals surface area contributed by atoms with Crippen LogP contribution in [0.4, 0.5) is 0 Å². The average Bonchev–Trinajstić information content (AvgIpc) is 3.71. The molecule has 0 aliphatic rings. The topological polar surface area (TPSA) is 571 Å². The number of esters is 3. The van der Waals surface area contributed by atoms with Crippen LogP contribution >= 0.6 is 11.8 Å². The quantitative estimate of drug-likeness (QED) is 0.00913. The minimum absolute atomic E-state index is 0.00432. The van der Waals surface area contributed by atoms with Crippen LogP contribution in [0, 0.1) is 11.8 Å². The molecule has 1 aromatic heterocycles. The lowest BCUT2D eigenvalue weighted by Gasteiger charge is -2.15. The molecule has 0 fully saturated rings. The van der Waals surface area contributed by atoms with Crippen molar-refractivity contribution in [2.45, 2.75) is 134 Å². The van der Waals surface area contributed by atoms with Crippen molar-refractivity contribution < 1.29 is 73.4 Å². The predicted molar refractivity (Wildman–Crippen MR) is 327 cm³/mol. The van der Waals surface area contributed by atoms with Gasteiger partial charge in [0, 0.05) is 30.1 Å². The number of nitrogens with one attached hydrogen (secondary N) is 1. The number of carbonyl (C=O) groups excluding carboxylic acids is 3. The molecule has 4 aromatic rings. The number of nitrogens with zero attached hydrogens (tertiary/aromatic N) is 1. The molecule has 0 amide bonds. The number of carbonyl (C=O) groups is 8. The number of hydrogen-bond acceptors (Lipinski definition) is 21. The fourth-order valence-electron chi connectivity index (χ4n) is 6.22. The van der Waals surface area contributed by atoms with E-state index in [1.807, 2.05) is 80.9 Å². The summed E-state index contributed by atoms with van der Waals surface area (Å²) < 4.78 is 9.73. The number of carboxylic acid groups (broad SMARTS) is 5. The Hall–Kier alpha value is -7.58. The maximum atomic E-state index is 11.7. The summed E-state index contributed by atoms with van der Waals surface area (Å²) in [6.45, 7) is 8.15. The van der Waals surface area contributed by atoms with E-state index in [0.717, 1.165) is 46.2 Å². The fraction of sp³-hybridized carbons (Fsp3) is 0.482. The number of benzene rings is 3. The molecule has 0 bridgehead atoms. The molecule has 0 saturated heterocycles. The molecule has 4 rings (SSSR count). The monoisotopic (exact) mass is 1220 g/mol. The van der Waals surface area contributed by atoms with Crippen molar-refractivity contribution in [2.24, 2.45) is 79.9 Å². The Labute approximate surface area is 499 Å². The molecule has 0 saturated carbocycles. The number of carboxylic acids is 5. The zero-order chi connectivity index (χ0) is 65.4. The van der Waals surface area contributed by atoms with Crippen LogP contribution in [0.3, 0.4) is 0 Å². The van der Waals surface area contributed by atoms with Gasteiger partial charge in [0.05, 0.1) is 0 Å². The number of aliphatic imine (C=N–C) groups is 1. The highest BCUT2D eigenvalue weighted by molar-refractivity contribution is 7.98. The molecular formula is C56H91N13O15S. The average molecular weight is 1220 g/mol. The molecule has 0 radical (unpaired) electrons. The lowest BCUT2D eigenvalue weighted by atomic mass is 10.1. The summed E-state index contributed by atoms with van der Waals surface area (Å²) in [5, 5.41) is 43.6. The van der Waals surface area contributed by atoms with Gasteiger partial charge in [0.2, 0.25) is 0 Å². The standard InChI is InChI=1S/C14H20N2O4.C11H23N5O3.C11H12N2O2.C9H11NO2.C6H14N2O2.C5H11NO2S/c1-8(2)12(16)14(19)20-10-5-3-9(4-6-10)7-11(15)13(17)18;1-6(2)8(13)10(18)19-9(17)7(12)4-3-5-16-11(14)15;12-9(11(14)15)5-7-6-13-10-4-2-1-3-8(7)10;10-8(9(11)12)6-7-4-2-1-3-5-7;7-4-2-1-3-5(8)6(9)10;1-9-3-2-4(6)5(7)8/h3-6,8,11-12H,7,15-16H2,1-2H3,(H,17,18);6-8H,3-5,12-13H2,1-2H3,(H4,14,15,16);1-4,6,9,13H,5,12H2,(H,14,15);1-5,8H,6,10H2,(H,11,12);5H,1-4,7-8H2,(H,9,10);4H,2-3,6H2,1H3,(H,7,8)/t11-,12-;7-,8-;9-;8-;5-;4-/m000000/s1. The number of rotatable bonds is 28. The number of aromatic nitrogens is 1. The molecule has 29 heteroatoms. The third-order valence-electron chi connectivity index (χ3n) is 11.7. The third-order valence-corrected chi connectivity index (χ3v) is 12.3. The predicted octanol–water partition coefficient (Wildman–Crippen LogP) is 0.392. The summed E-state index contributed by atoms with van der Waals surface area (Å²) in [6, 6.07) is 17.2. The van der Waals surface area contributed by atoms with E-state index < -0.39 is 96.1 Å². The van der Waals surface area contributed by atoms with E-state index in [2.05, 4.69) is 14.7 Å². The first-order valence-corrected chi connectivity index (χ1v) is 28.3. The van der Waals surface area contributed by atoms with E-state index >= 15 is 0 Å². The molecule has 8 atom stereocenters. The number of aliphatic carboxylic acids is 5. The second-order valence-electron chi connectivity index (χ2n) is 19.6. The highest BCUT2D eigenvalue weighted by Crippen LogP contribution is 2.19. The van der Waals surface area contributed by atoms with Gasteiger partial charge in [-0.3, -0.25) is 29.0 Å². The number of unbranched alkanes of at least 4 members (excludes halogenated alkanes) is 1. The van der Waals surface area contributed by atoms with E-state index in [9.17, 15) is 38.4 Å². The van der Waals surface area contributed by atoms with E-state index in [0.29, 0.717) is 57.4 Å². The van der Waals surface area contributed by atoms with Crippen LogP contribution in [0.15, 0.2) is 90.1 Å². The summed E-state index contributed by atoms with van der Waals surface area (Å²) >= 11 is 1.60. The fourth-order valence-corrected chi connectivity index (χ4v) is 6.71. The van der Waals surface area contributed by atoms with Gasteiger partial charge in [0.15, 0.2) is 5.96 Å². The summed E-state index contributed by atoms with van der Waals surface area (Å²) in [6.07, 6.45) is 8.24. The number of H-pyrrole nitrogens is 1. The maximum absolute atomic E-state index is 11.7. The van der Waals surface area contributed by atoms with Crippen LogP contribution in [0.2, 0.25) is 0 Å². The number of fused-ring (bicyclic) bond motifs is 1. The Kier molecular flexibility index (Phi) is 42.0. The van der Waals surface area contributed by atoms with Crippen molar-refractivity contribution in [3.63, 3.8) is 0 Å². The van der Waals surface area contributed by atoms with Crippen LogP contribution < -0.4 is 67.8 Å². The summed E-state index contributed by atoms with van der Waals surface area (Å²) in [4.78, 5) is 93.3. The van der Waals surface area contributed by atoms with Gasteiger partial charge in [-0.2, -0.15) is 11.8 Å². The van der Waals surface area contributed by atoms with E-state index in [4.69, 9.17) is 93.3 Å². The van der Waals surface area contributed by atoms with Gasteiger partial charge in [-0.25, -0.2) is 14.4 Å². The van der Waals surface area contributed by atoms with Crippen LogP contribution in [0.1, 0.15) is 82.9 Å². The number of guanidine groups is 1. The zero-order valence-corrected chi connectivity index (χ0v) is 49.7. The molecule has 476 valence electrons. The molecule has 3 aromatic carbocycles. The van der Waals surface area contributed by atoms with E-state index in [1.54, 1.807) is 49.9 Å². The number of ether oxygens (including phenoxy) is 2. The van der Waals surface area contributed by atoms with Crippen molar-refractivity contribution in [1.29, 1.82) is 0 Å². The largest absolute Gasteiger partial charge is 0.480 e. The lowest BCUT2D eigenvalue weighted by molar-refractivity contribution is -0.162. The molecule has 85 heavy (non-hydrogen) atoms. The number of nitrogens with two attached hydrogens (primary N) is 11. The molecule has 28 N–H and O–H groups in total. The first kappa shape index (κ1) is 79.5. The van der Waals surface area contributed by atoms with Gasteiger partial charge >= 0.3 is 47.8 Å². The van der Waals surface area contributed by atoms with Crippen LogP contribution in [-0.4, -0.2) is 158 Å². The smallest absolute Gasteiger partial charge is 0.330 e. The third kappa shape index (κ3) is 37.4. The minimum Gasteiger partial charge on any atom is -0.480 e. The highest BCUT2D eigenvalue weighted by atomic mass is 32.2. The first-order chi connectivity index (χ1) is 39.8. The van der Waals surface area contributed by atoms with Gasteiger partial charge in [-0.05, 0) is 110 Å².